The molecule has 7 nitrogen and oxygen atoms in total. The van der Waals surface area contributed by atoms with Crippen LogP contribution in [0, 0.1) is 0 Å². The van der Waals surface area contributed by atoms with E-state index in [9.17, 15) is 4.79 Å². The highest BCUT2D eigenvalue weighted by molar-refractivity contribution is 6.42. The molecule has 35 heavy (non-hydrogen) atoms. The van der Waals surface area contributed by atoms with Gasteiger partial charge in [-0.15, -0.1) is 0 Å². The molecule has 4 rings (SSSR count). The summed E-state index contributed by atoms with van der Waals surface area (Å²) in [6, 6.07) is 14.1. The lowest BCUT2D eigenvalue weighted by Crippen LogP contribution is -2.25. The van der Waals surface area contributed by atoms with E-state index < -0.39 is 11.0 Å². The van der Waals surface area contributed by atoms with Crippen LogP contribution < -0.4 is 10.3 Å². The molecule has 2 aromatic heterocycles. The molecule has 0 amide bonds. The van der Waals surface area contributed by atoms with E-state index in [2.05, 4.69) is 15.1 Å². The van der Waals surface area contributed by atoms with E-state index in [4.69, 9.17) is 37.4 Å². The van der Waals surface area contributed by atoms with Crippen molar-refractivity contribution >= 4 is 23.2 Å². The molecule has 0 aliphatic rings. The summed E-state index contributed by atoms with van der Waals surface area (Å²) in [7, 11) is 0. The van der Waals surface area contributed by atoms with Crippen LogP contribution >= 0.6 is 23.2 Å². The molecule has 0 aliphatic carbocycles. The first-order valence-corrected chi connectivity index (χ1v) is 11.5. The van der Waals surface area contributed by atoms with Crippen molar-refractivity contribution in [2.75, 3.05) is 0 Å². The van der Waals surface area contributed by atoms with Gasteiger partial charge in [-0.2, -0.15) is 4.98 Å². The van der Waals surface area contributed by atoms with Gasteiger partial charge >= 0.3 is 0 Å². The number of hydrogen-bond donors (Lipinski definition) is 1. The van der Waals surface area contributed by atoms with Crippen molar-refractivity contribution in [1.82, 2.24) is 20.1 Å². The Morgan fingerprint density at radius 3 is 2.37 bits per heavy atom. The van der Waals surface area contributed by atoms with Gasteiger partial charge in [0, 0.05) is 17.0 Å². The van der Waals surface area contributed by atoms with E-state index in [1.807, 2.05) is 75.4 Å². The van der Waals surface area contributed by atoms with Gasteiger partial charge in [0.15, 0.2) is 5.82 Å². The number of H-pyrrole nitrogens is 1. The minimum Gasteiger partial charge on any atom is -0.450 e. The zero-order chi connectivity index (χ0) is 25.0. The average Bonchev–Trinajstić information content (AvgIpc) is 3.34. The summed E-state index contributed by atoms with van der Waals surface area (Å²) in [6.45, 7) is 5.70. The summed E-state index contributed by atoms with van der Waals surface area (Å²) in [6.07, 6.45) is 7.61. The maximum absolute atomic E-state index is 13.3. The van der Waals surface area contributed by atoms with E-state index in [0.29, 0.717) is 27.4 Å². The van der Waals surface area contributed by atoms with Gasteiger partial charge in [0.05, 0.1) is 10.0 Å². The first-order chi connectivity index (χ1) is 16.8. The molecular weight excluding hydrogens is 487 g/mol. The number of allylic oxidation sites excluding steroid dienone is 4. The molecule has 0 saturated heterocycles. The number of nitrogens with one attached hydrogen (secondary N) is 1. The molecule has 4 aromatic rings. The molecule has 0 atom stereocenters. The van der Waals surface area contributed by atoms with Gasteiger partial charge in [-0.25, -0.2) is 4.98 Å². The molecule has 0 aliphatic heterocycles. The van der Waals surface area contributed by atoms with Gasteiger partial charge in [0.2, 0.25) is 11.6 Å². The molecule has 0 radical (unpaired) electrons. The third-order valence-corrected chi connectivity index (χ3v) is 5.92. The van der Waals surface area contributed by atoms with E-state index in [-0.39, 0.29) is 17.4 Å². The van der Waals surface area contributed by atoms with Crippen LogP contribution in [0.15, 0.2) is 82.2 Å². The monoisotopic (exact) mass is 508 g/mol. The Hall–Kier alpha value is -3.68. The number of aromatic amines is 1. The molecule has 0 bridgehead atoms. The second-order valence-corrected chi connectivity index (χ2v) is 8.66. The van der Waals surface area contributed by atoms with Gasteiger partial charge in [-0.05, 0) is 45.0 Å². The van der Waals surface area contributed by atoms with Crippen LogP contribution in [0.3, 0.4) is 0 Å². The van der Waals surface area contributed by atoms with Crippen LogP contribution in [0.25, 0.3) is 23.1 Å². The zero-order valence-corrected chi connectivity index (χ0v) is 20.8. The van der Waals surface area contributed by atoms with Crippen molar-refractivity contribution in [1.29, 1.82) is 0 Å². The number of nitrogens with zero attached hydrogens (tertiary/aromatic N) is 3. The summed E-state index contributed by atoms with van der Waals surface area (Å²) in [5, 5.41) is 4.70. The van der Waals surface area contributed by atoms with E-state index >= 15 is 0 Å². The molecular formula is C26H22Cl2N4O3. The molecule has 2 heterocycles. The van der Waals surface area contributed by atoms with E-state index in [0.717, 1.165) is 5.56 Å². The fourth-order valence-electron chi connectivity index (χ4n) is 3.61. The highest BCUT2D eigenvalue weighted by Crippen LogP contribution is 2.36. The van der Waals surface area contributed by atoms with Crippen LogP contribution in [-0.2, 0) is 5.41 Å². The number of rotatable bonds is 7. The lowest BCUT2D eigenvalue weighted by molar-refractivity contribution is 0.431. The summed E-state index contributed by atoms with van der Waals surface area (Å²) in [5.74, 6) is 0.961. The molecule has 1 N–H and O–H groups in total. The summed E-state index contributed by atoms with van der Waals surface area (Å²) in [4.78, 5) is 25.2. The molecule has 2 aromatic carbocycles. The summed E-state index contributed by atoms with van der Waals surface area (Å²) in [5.41, 5.74) is -0.169. The van der Waals surface area contributed by atoms with Crippen molar-refractivity contribution in [2.45, 2.75) is 26.2 Å². The van der Waals surface area contributed by atoms with Crippen LogP contribution in [-0.4, -0.2) is 20.1 Å². The van der Waals surface area contributed by atoms with Gasteiger partial charge in [0.25, 0.3) is 11.4 Å². The number of hydrogen-bond acceptors (Lipinski definition) is 6. The Morgan fingerprint density at radius 2 is 1.71 bits per heavy atom. The zero-order valence-electron chi connectivity index (χ0n) is 19.3. The lowest BCUT2D eigenvalue weighted by Gasteiger charge is -2.24. The smallest absolute Gasteiger partial charge is 0.294 e. The van der Waals surface area contributed by atoms with E-state index in [1.54, 1.807) is 12.1 Å². The molecule has 0 fully saturated rings. The molecule has 9 heteroatoms. The Kier molecular flexibility index (Phi) is 7.19. The molecule has 0 spiro atoms. The van der Waals surface area contributed by atoms with Crippen molar-refractivity contribution in [3.05, 3.63) is 98.9 Å². The van der Waals surface area contributed by atoms with Crippen molar-refractivity contribution in [3.8, 4) is 34.6 Å². The fourth-order valence-corrected chi connectivity index (χ4v) is 3.90. The highest BCUT2D eigenvalue weighted by Gasteiger charge is 2.30. The minimum atomic E-state index is -0.774. The van der Waals surface area contributed by atoms with Gasteiger partial charge in [-0.3, -0.25) is 4.79 Å². The van der Waals surface area contributed by atoms with Crippen molar-refractivity contribution in [3.63, 3.8) is 0 Å². The average molecular weight is 509 g/mol. The summed E-state index contributed by atoms with van der Waals surface area (Å²) < 4.78 is 11.4. The van der Waals surface area contributed by atoms with Crippen molar-refractivity contribution < 1.29 is 9.26 Å². The Balaban J connectivity index is 1.87. The highest BCUT2D eigenvalue weighted by atomic mass is 35.5. The number of halogens is 2. The fraction of sp³-hybridized carbons (Fsp3) is 0.154. The van der Waals surface area contributed by atoms with Gasteiger partial charge in [-0.1, -0.05) is 70.9 Å². The maximum Gasteiger partial charge on any atom is 0.294 e. The van der Waals surface area contributed by atoms with Crippen LogP contribution in [0.4, 0.5) is 0 Å². The second kappa shape index (κ2) is 10.3. The standard InChI is InChI=1S/C26H22Cl2N4O3/c1-4-13-26(3,14-5-2)21-20(34-17-11-12-18(27)19(28)15-17)24(33)30-22(29-21)23-31-25(35-32-23)16-9-7-6-8-10-16/h4-15H,1-3H3,(H,29,30,33). The van der Waals surface area contributed by atoms with Crippen molar-refractivity contribution in [2.24, 2.45) is 0 Å². The van der Waals surface area contributed by atoms with Crippen LogP contribution in [0.1, 0.15) is 26.5 Å². The third kappa shape index (κ3) is 5.21. The van der Waals surface area contributed by atoms with Crippen LogP contribution in [0.5, 0.6) is 11.5 Å². The summed E-state index contributed by atoms with van der Waals surface area (Å²) >= 11 is 12.2. The van der Waals surface area contributed by atoms with Gasteiger partial charge < -0.3 is 14.2 Å². The normalized spacial score (nSPS) is 13.4. The quantitative estimate of drug-likeness (QED) is 0.270. The second-order valence-electron chi connectivity index (χ2n) is 7.84. The maximum atomic E-state index is 13.3. The number of ether oxygens (including phenoxy) is 1. The van der Waals surface area contributed by atoms with E-state index in [1.165, 1.54) is 6.07 Å². The lowest BCUT2D eigenvalue weighted by atomic mass is 9.85. The minimum absolute atomic E-state index is 0.0117. The predicted molar refractivity (Wildman–Crippen MR) is 137 cm³/mol. The predicted octanol–water partition coefficient (Wildman–Crippen LogP) is 7.00. The van der Waals surface area contributed by atoms with Crippen LogP contribution in [0.2, 0.25) is 10.0 Å². The third-order valence-electron chi connectivity index (χ3n) is 5.18. The SMILES string of the molecule is CC=CC(C)(C=CC)c1nc(-c2noc(-c3ccccc3)n2)[nH]c(=O)c1Oc1ccc(Cl)c(Cl)c1. The topological polar surface area (TPSA) is 93.9 Å². The Morgan fingerprint density at radius 1 is 1.00 bits per heavy atom. The molecule has 178 valence electrons. The Bertz CT molecular complexity index is 1450. The first kappa shape index (κ1) is 24.4. The Labute approximate surface area is 212 Å². The van der Waals surface area contributed by atoms with Gasteiger partial charge in [0.1, 0.15) is 11.4 Å². The number of benzene rings is 2. The number of aromatic nitrogens is 4. The molecule has 0 unspecified atom stereocenters. The first-order valence-electron chi connectivity index (χ1n) is 10.8. The molecule has 0 saturated carbocycles. The largest absolute Gasteiger partial charge is 0.450 e.